The molecule has 0 saturated heterocycles. The molecule has 1 fully saturated rings. The van der Waals surface area contributed by atoms with Crippen molar-refractivity contribution in [2.75, 3.05) is 19.6 Å². The maximum absolute atomic E-state index is 12.7. The first-order valence-electron chi connectivity index (χ1n) is 6.59. The van der Waals surface area contributed by atoms with E-state index in [4.69, 9.17) is 5.73 Å². The zero-order valence-electron chi connectivity index (χ0n) is 11.0. The summed E-state index contributed by atoms with van der Waals surface area (Å²) >= 11 is 0. The van der Waals surface area contributed by atoms with E-state index in [-0.39, 0.29) is 32.4 Å². The first-order valence-corrected chi connectivity index (χ1v) is 6.59. The van der Waals surface area contributed by atoms with Crippen LogP contribution in [0.4, 0.5) is 22.0 Å². The van der Waals surface area contributed by atoms with Crippen molar-refractivity contribution in [1.29, 1.82) is 0 Å². The van der Waals surface area contributed by atoms with Gasteiger partial charge in [-0.1, -0.05) is 6.42 Å². The lowest BCUT2D eigenvalue weighted by Gasteiger charge is -2.33. The van der Waals surface area contributed by atoms with Gasteiger partial charge in [-0.2, -0.15) is 13.2 Å². The molecular weight excluding hydrogens is 283 g/mol. The molecular formula is C12H19F5N2O. The van der Waals surface area contributed by atoms with Crippen LogP contribution < -0.4 is 5.73 Å². The molecule has 3 nitrogen and oxygen atoms in total. The van der Waals surface area contributed by atoms with Crippen molar-refractivity contribution >= 4 is 5.91 Å². The van der Waals surface area contributed by atoms with E-state index in [0.717, 1.165) is 4.90 Å². The molecule has 1 rings (SSSR count). The van der Waals surface area contributed by atoms with Crippen LogP contribution in [-0.4, -0.2) is 43.0 Å². The Hall–Kier alpha value is -0.920. The predicted molar refractivity (Wildman–Crippen MR) is 63.1 cm³/mol. The number of nitrogens with zero attached hydrogens (tertiary/aromatic N) is 1. The van der Waals surface area contributed by atoms with E-state index in [0.29, 0.717) is 6.42 Å². The van der Waals surface area contributed by atoms with Gasteiger partial charge in [-0.15, -0.1) is 0 Å². The van der Waals surface area contributed by atoms with Crippen LogP contribution in [0.1, 0.15) is 25.7 Å². The van der Waals surface area contributed by atoms with Crippen LogP contribution >= 0.6 is 0 Å². The third-order valence-corrected chi connectivity index (χ3v) is 3.56. The standard InChI is InChI=1S/C12H19F5N2O/c13-10(14)7-19(5-4-18)11(20)8-2-1-3-9(6-8)12(15,16)17/h8-10H,1-7,18H2. The molecule has 1 aliphatic rings. The van der Waals surface area contributed by atoms with Crippen molar-refractivity contribution in [2.45, 2.75) is 38.3 Å². The van der Waals surface area contributed by atoms with Gasteiger partial charge in [0.05, 0.1) is 12.5 Å². The van der Waals surface area contributed by atoms with E-state index in [9.17, 15) is 26.7 Å². The number of nitrogens with two attached hydrogens (primary N) is 1. The van der Waals surface area contributed by atoms with E-state index in [1.807, 2.05) is 0 Å². The molecule has 0 bridgehead atoms. The molecule has 118 valence electrons. The Kier molecular flexibility index (Phi) is 6.16. The van der Waals surface area contributed by atoms with Gasteiger partial charge in [0.15, 0.2) is 0 Å². The van der Waals surface area contributed by atoms with E-state index in [1.165, 1.54) is 0 Å². The zero-order chi connectivity index (χ0) is 15.3. The summed E-state index contributed by atoms with van der Waals surface area (Å²) in [5.41, 5.74) is 5.25. The fourth-order valence-electron chi connectivity index (χ4n) is 2.58. The van der Waals surface area contributed by atoms with Gasteiger partial charge in [0.1, 0.15) is 0 Å². The minimum absolute atomic E-state index is 0.000976. The highest BCUT2D eigenvalue weighted by Gasteiger charge is 2.44. The largest absolute Gasteiger partial charge is 0.391 e. The molecule has 0 aliphatic heterocycles. The fourth-order valence-corrected chi connectivity index (χ4v) is 2.58. The third-order valence-electron chi connectivity index (χ3n) is 3.56. The lowest BCUT2D eigenvalue weighted by atomic mass is 9.80. The van der Waals surface area contributed by atoms with Crippen LogP contribution in [-0.2, 0) is 4.79 Å². The first kappa shape index (κ1) is 17.1. The van der Waals surface area contributed by atoms with Crippen molar-refractivity contribution in [1.82, 2.24) is 4.90 Å². The van der Waals surface area contributed by atoms with Crippen LogP contribution in [0.3, 0.4) is 0 Å². The number of alkyl halides is 5. The minimum Gasteiger partial charge on any atom is -0.335 e. The number of carbonyl (C=O) groups excluding carboxylic acids is 1. The molecule has 0 aromatic rings. The molecule has 8 heteroatoms. The van der Waals surface area contributed by atoms with Crippen LogP contribution in [0.15, 0.2) is 0 Å². The highest BCUT2D eigenvalue weighted by atomic mass is 19.4. The summed E-state index contributed by atoms with van der Waals surface area (Å²) in [7, 11) is 0. The summed E-state index contributed by atoms with van der Waals surface area (Å²) < 4.78 is 62.8. The summed E-state index contributed by atoms with van der Waals surface area (Å²) in [6, 6.07) is 0. The summed E-state index contributed by atoms with van der Waals surface area (Å²) in [4.78, 5) is 12.9. The Morgan fingerprint density at radius 1 is 1.30 bits per heavy atom. The van der Waals surface area contributed by atoms with Gasteiger partial charge >= 0.3 is 6.18 Å². The molecule has 0 aromatic carbocycles. The molecule has 2 atom stereocenters. The number of amides is 1. The van der Waals surface area contributed by atoms with Gasteiger partial charge in [0.2, 0.25) is 5.91 Å². The lowest BCUT2D eigenvalue weighted by molar-refractivity contribution is -0.187. The Morgan fingerprint density at radius 2 is 1.95 bits per heavy atom. The van der Waals surface area contributed by atoms with Crippen LogP contribution in [0, 0.1) is 11.8 Å². The highest BCUT2D eigenvalue weighted by Crippen LogP contribution is 2.40. The van der Waals surface area contributed by atoms with Gasteiger partial charge in [0, 0.05) is 19.0 Å². The van der Waals surface area contributed by atoms with Crippen molar-refractivity contribution in [3.8, 4) is 0 Å². The smallest absolute Gasteiger partial charge is 0.335 e. The first-order chi connectivity index (χ1) is 9.25. The lowest BCUT2D eigenvalue weighted by Crippen LogP contribution is -2.44. The number of carbonyl (C=O) groups is 1. The molecule has 2 N–H and O–H groups in total. The van der Waals surface area contributed by atoms with E-state index < -0.39 is 36.9 Å². The molecule has 1 amide bonds. The third kappa shape index (κ3) is 4.88. The van der Waals surface area contributed by atoms with Gasteiger partial charge < -0.3 is 10.6 Å². The number of hydrogen-bond donors (Lipinski definition) is 1. The van der Waals surface area contributed by atoms with Gasteiger partial charge in [-0.05, 0) is 19.3 Å². The molecule has 0 radical (unpaired) electrons. The number of hydrogen-bond acceptors (Lipinski definition) is 2. The predicted octanol–water partition coefficient (Wildman–Crippen LogP) is 2.41. The molecule has 1 aliphatic carbocycles. The molecule has 0 spiro atoms. The minimum atomic E-state index is -4.33. The monoisotopic (exact) mass is 302 g/mol. The Bertz CT molecular complexity index is 321. The molecule has 0 heterocycles. The van der Waals surface area contributed by atoms with Crippen molar-refractivity contribution in [2.24, 2.45) is 17.6 Å². The topological polar surface area (TPSA) is 46.3 Å². The maximum Gasteiger partial charge on any atom is 0.391 e. The average Bonchev–Trinajstić information content (AvgIpc) is 2.36. The summed E-state index contributed by atoms with van der Waals surface area (Å²) in [6.45, 7) is -0.826. The summed E-state index contributed by atoms with van der Waals surface area (Å²) in [5.74, 6) is -2.98. The Labute approximate surface area is 114 Å². The molecule has 0 aromatic heterocycles. The van der Waals surface area contributed by atoms with Crippen molar-refractivity contribution < 1.29 is 26.7 Å². The van der Waals surface area contributed by atoms with Crippen molar-refractivity contribution in [3.63, 3.8) is 0 Å². The molecule has 2 unspecified atom stereocenters. The second kappa shape index (κ2) is 7.19. The zero-order valence-corrected chi connectivity index (χ0v) is 11.0. The van der Waals surface area contributed by atoms with Crippen LogP contribution in [0.25, 0.3) is 0 Å². The van der Waals surface area contributed by atoms with Gasteiger partial charge in [-0.3, -0.25) is 4.79 Å². The highest BCUT2D eigenvalue weighted by molar-refractivity contribution is 5.79. The quantitative estimate of drug-likeness (QED) is 0.793. The normalized spacial score (nSPS) is 23.9. The van der Waals surface area contributed by atoms with Crippen LogP contribution in [0.2, 0.25) is 0 Å². The number of halogens is 5. The second-order valence-corrected chi connectivity index (χ2v) is 5.07. The summed E-state index contributed by atoms with van der Waals surface area (Å²) in [6.07, 6.45) is -6.76. The molecule has 20 heavy (non-hydrogen) atoms. The SMILES string of the molecule is NCCN(CC(F)F)C(=O)C1CCCC(C(F)(F)F)C1. The molecule has 1 saturated carbocycles. The fraction of sp³-hybridized carbons (Fsp3) is 0.917. The van der Waals surface area contributed by atoms with Gasteiger partial charge in [0.25, 0.3) is 6.43 Å². The van der Waals surface area contributed by atoms with Crippen molar-refractivity contribution in [3.05, 3.63) is 0 Å². The van der Waals surface area contributed by atoms with E-state index in [1.54, 1.807) is 0 Å². The average molecular weight is 302 g/mol. The van der Waals surface area contributed by atoms with Gasteiger partial charge in [-0.25, -0.2) is 8.78 Å². The maximum atomic E-state index is 12.7. The van der Waals surface area contributed by atoms with Crippen LogP contribution in [0.5, 0.6) is 0 Å². The Balaban J connectivity index is 2.68. The summed E-state index contributed by atoms with van der Waals surface area (Å²) in [5, 5.41) is 0. The Morgan fingerprint density at radius 3 is 2.45 bits per heavy atom. The second-order valence-electron chi connectivity index (χ2n) is 5.07. The van der Waals surface area contributed by atoms with E-state index in [2.05, 4.69) is 0 Å². The number of rotatable bonds is 5. The van der Waals surface area contributed by atoms with E-state index >= 15 is 0 Å².